The summed E-state index contributed by atoms with van der Waals surface area (Å²) in [4.78, 5) is 38.4. The van der Waals surface area contributed by atoms with Crippen molar-refractivity contribution in [3.63, 3.8) is 0 Å². The van der Waals surface area contributed by atoms with E-state index in [1.165, 1.54) is 43.3 Å². The smallest absolute Gasteiger partial charge is 0.242 e. The number of hydrogen-bond donors (Lipinski definition) is 1. The van der Waals surface area contributed by atoms with Gasteiger partial charge in [-0.1, -0.05) is 12.8 Å². The molecule has 1 aliphatic carbocycles. The highest BCUT2D eigenvalue weighted by molar-refractivity contribution is 7.89. The fraction of sp³-hybridized carbons (Fsp3) is 0.526. The molecule has 1 aromatic carbocycles. The Morgan fingerprint density at radius 2 is 1.61 bits per heavy atom. The molecule has 2 atom stereocenters. The highest BCUT2D eigenvalue weighted by atomic mass is 32.2. The van der Waals surface area contributed by atoms with Gasteiger partial charge >= 0.3 is 0 Å². The van der Waals surface area contributed by atoms with Gasteiger partial charge in [0, 0.05) is 32.7 Å². The molecule has 2 fully saturated rings. The maximum Gasteiger partial charge on any atom is 0.242 e. The van der Waals surface area contributed by atoms with Gasteiger partial charge in [-0.2, -0.15) is 0 Å². The third-order valence-electron chi connectivity index (χ3n) is 5.41. The zero-order valence-corrected chi connectivity index (χ0v) is 16.9. The molecule has 1 saturated heterocycles. The molecule has 28 heavy (non-hydrogen) atoms. The number of imide groups is 1. The number of sulfonamides is 1. The minimum atomic E-state index is -3.53. The van der Waals surface area contributed by atoms with E-state index < -0.39 is 10.0 Å². The summed E-state index contributed by atoms with van der Waals surface area (Å²) in [6.07, 6.45) is 3.44. The second-order valence-electron chi connectivity index (χ2n) is 7.44. The molecule has 2 aliphatic rings. The highest BCUT2D eigenvalue weighted by Crippen LogP contribution is 2.37. The van der Waals surface area contributed by atoms with E-state index in [0.29, 0.717) is 5.69 Å². The Labute approximate surface area is 164 Å². The second kappa shape index (κ2) is 8.00. The Hall–Kier alpha value is -2.26. The molecule has 8 nitrogen and oxygen atoms in total. The van der Waals surface area contributed by atoms with Crippen molar-refractivity contribution in [2.24, 2.45) is 11.8 Å². The Kier molecular flexibility index (Phi) is 5.85. The fourth-order valence-corrected chi connectivity index (χ4v) is 4.71. The van der Waals surface area contributed by atoms with Crippen LogP contribution in [0.5, 0.6) is 0 Å². The molecular formula is C19H25N3O5S. The van der Waals surface area contributed by atoms with Crippen molar-refractivity contribution in [3.05, 3.63) is 24.3 Å². The minimum absolute atomic E-state index is 0.00860. The van der Waals surface area contributed by atoms with Gasteiger partial charge in [0.15, 0.2) is 0 Å². The van der Waals surface area contributed by atoms with Gasteiger partial charge in [0.2, 0.25) is 27.7 Å². The summed E-state index contributed by atoms with van der Waals surface area (Å²) in [7, 11) is -0.634. The number of nitrogens with zero attached hydrogens (tertiary/aromatic N) is 2. The first-order valence-corrected chi connectivity index (χ1v) is 10.8. The van der Waals surface area contributed by atoms with Gasteiger partial charge in [-0.05, 0) is 37.1 Å². The summed E-state index contributed by atoms with van der Waals surface area (Å²) in [6.45, 7) is 0.0730. The number of anilines is 1. The Morgan fingerprint density at radius 3 is 2.11 bits per heavy atom. The quantitative estimate of drug-likeness (QED) is 0.719. The molecule has 0 unspecified atom stereocenters. The molecule has 1 heterocycles. The molecular weight excluding hydrogens is 382 g/mol. The lowest BCUT2D eigenvalue weighted by atomic mass is 9.81. The molecule has 0 spiro atoms. The van der Waals surface area contributed by atoms with Crippen molar-refractivity contribution < 1.29 is 22.8 Å². The van der Waals surface area contributed by atoms with Crippen LogP contribution in [0.2, 0.25) is 0 Å². The van der Waals surface area contributed by atoms with Crippen LogP contribution in [0, 0.1) is 11.8 Å². The Bertz CT molecular complexity index is 855. The van der Waals surface area contributed by atoms with Crippen molar-refractivity contribution >= 4 is 33.4 Å². The maximum absolute atomic E-state index is 12.4. The first-order chi connectivity index (χ1) is 13.2. The van der Waals surface area contributed by atoms with Gasteiger partial charge in [0.1, 0.15) is 0 Å². The number of rotatable bonds is 6. The third kappa shape index (κ3) is 3.95. The average Bonchev–Trinajstić information content (AvgIpc) is 2.91. The third-order valence-corrected chi connectivity index (χ3v) is 7.24. The van der Waals surface area contributed by atoms with Crippen molar-refractivity contribution in [1.29, 1.82) is 0 Å². The monoisotopic (exact) mass is 407 g/mol. The number of nitrogens with one attached hydrogen (secondary N) is 1. The Morgan fingerprint density at radius 1 is 1.07 bits per heavy atom. The summed E-state index contributed by atoms with van der Waals surface area (Å²) in [6, 6.07) is 5.86. The lowest BCUT2D eigenvalue weighted by Crippen LogP contribution is -2.34. The average molecular weight is 407 g/mol. The van der Waals surface area contributed by atoms with Crippen molar-refractivity contribution in [1.82, 2.24) is 9.21 Å². The molecule has 0 radical (unpaired) electrons. The van der Waals surface area contributed by atoms with Gasteiger partial charge < -0.3 is 5.32 Å². The summed E-state index contributed by atoms with van der Waals surface area (Å²) in [5, 5.41) is 2.67. The number of carbonyl (C=O) groups is 3. The molecule has 0 aromatic heterocycles. The van der Waals surface area contributed by atoms with Crippen LogP contribution in [0.4, 0.5) is 5.69 Å². The van der Waals surface area contributed by atoms with Crippen molar-refractivity contribution in [2.75, 3.05) is 26.0 Å². The number of amides is 3. The molecule has 0 bridgehead atoms. The van der Waals surface area contributed by atoms with Gasteiger partial charge in [-0.15, -0.1) is 0 Å². The lowest BCUT2D eigenvalue weighted by molar-refractivity contribution is -0.140. The molecule has 9 heteroatoms. The van der Waals surface area contributed by atoms with Gasteiger partial charge in [0.25, 0.3) is 0 Å². The predicted molar refractivity (Wildman–Crippen MR) is 103 cm³/mol. The zero-order chi connectivity index (χ0) is 20.5. The SMILES string of the molecule is CN(C)S(=O)(=O)c1ccc(NC(=O)CCN2C(=O)[C@H]3CCCC[C@H]3C2=O)cc1. The second-order valence-corrected chi connectivity index (χ2v) is 9.59. The van der Waals surface area contributed by atoms with Crippen LogP contribution in [-0.2, 0) is 24.4 Å². The number of hydrogen-bond acceptors (Lipinski definition) is 5. The fourth-order valence-electron chi connectivity index (χ4n) is 3.81. The van der Waals surface area contributed by atoms with E-state index in [2.05, 4.69) is 5.32 Å². The molecule has 1 aliphatic heterocycles. The molecule has 152 valence electrons. The summed E-state index contributed by atoms with van der Waals surface area (Å²) >= 11 is 0. The van der Waals surface area contributed by atoms with E-state index in [9.17, 15) is 22.8 Å². The topological polar surface area (TPSA) is 104 Å². The normalized spacial score (nSPS) is 22.5. The van der Waals surface area contributed by atoms with E-state index in [1.54, 1.807) is 0 Å². The number of fused-ring (bicyclic) bond motifs is 1. The molecule has 1 aromatic rings. The van der Waals surface area contributed by atoms with E-state index in [1.807, 2.05) is 0 Å². The van der Waals surface area contributed by atoms with E-state index in [-0.39, 0.29) is 47.4 Å². The van der Waals surface area contributed by atoms with Gasteiger partial charge in [0.05, 0.1) is 16.7 Å². The van der Waals surface area contributed by atoms with E-state index in [4.69, 9.17) is 0 Å². The Balaban J connectivity index is 1.56. The highest BCUT2D eigenvalue weighted by Gasteiger charge is 2.47. The predicted octanol–water partition coefficient (Wildman–Crippen LogP) is 1.44. The van der Waals surface area contributed by atoms with Crippen LogP contribution in [0.3, 0.4) is 0 Å². The first-order valence-electron chi connectivity index (χ1n) is 9.39. The van der Waals surface area contributed by atoms with Gasteiger partial charge in [-0.25, -0.2) is 12.7 Å². The largest absolute Gasteiger partial charge is 0.326 e. The standard InChI is InChI=1S/C19H25N3O5S/c1-21(2)28(26,27)14-9-7-13(8-10-14)20-17(23)11-12-22-18(24)15-5-3-4-6-16(15)19(22)25/h7-10,15-16H,3-6,11-12H2,1-2H3,(H,20,23)/t15-,16+. The number of likely N-dealkylation sites (tertiary alicyclic amines) is 1. The molecule has 3 amide bonds. The molecule has 1 saturated carbocycles. The minimum Gasteiger partial charge on any atom is -0.326 e. The number of benzene rings is 1. The summed E-state index contributed by atoms with van der Waals surface area (Å²) < 4.78 is 25.2. The lowest BCUT2D eigenvalue weighted by Gasteiger charge is -2.19. The first kappa shape index (κ1) is 20.5. The van der Waals surface area contributed by atoms with Crippen LogP contribution >= 0.6 is 0 Å². The summed E-state index contributed by atoms with van der Waals surface area (Å²) in [5.74, 6) is -1.06. The molecule has 3 rings (SSSR count). The van der Waals surface area contributed by atoms with Crippen LogP contribution < -0.4 is 5.32 Å². The van der Waals surface area contributed by atoms with Gasteiger partial charge in [-0.3, -0.25) is 19.3 Å². The number of carbonyl (C=O) groups excluding carboxylic acids is 3. The van der Waals surface area contributed by atoms with Crippen LogP contribution in [0.25, 0.3) is 0 Å². The van der Waals surface area contributed by atoms with Crippen LogP contribution in [0.15, 0.2) is 29.2 Å². The van der Waals surface area contributed by atoms with Crippen molar-refractivity contribution in [3.8, 4) is 0 Å². The maximum atomic E-state index is 12.4. The summed E-state index contributed by atoms with van der Waals surface area (Å²) in [5.41, 5.74) is 0.454. The van der Waals surface area contributed by atoms with E-state index >= 15 is 0 Å². The van der Waals surface area contributed by atoms with Crippen LogP contribution in [-0.4, -0.2) is 56.0 Å². The zero-order valence-electron chi connectivity index (χ0n) is 16.1. The molecule has 1 N–H and O–H groups in total. The van der Waals surface area contributed by atoms with Crippen molar-refractivity contribution in [2.45, 2.75) is 37.0 Å². The van der Waals surface area contributed by atoms with E-state index in [0.717, 1.165) is 30.0 Å². The van der Waals surface area contributed by atoms with Crippen LogP contribution in [0.1, 0.15) is 32.1 Å².